The summed E-state index contributed by atoms with van der Waals surface area (Å²) in [5.74, 6) is 2.08. The summed E-state index contributed by atoms with van der Waals surface area (Å²) in [6.07, 6.45) is 3.04. The number of hydrogen-bond donors (Lipinski definition) is 0. The van der Waals surface area contributed by atoms with Crippen LogP contribution in [0, 0.1) is 5.92 Å². The number of alkyl halides is 1. The van der Waals surface area contributed by atoms with E-state index in [1.54, 1.807) is 0 Å². The van der Waals surface area contributed by atoms with Crippen molar-refractivity contribution in [3.8, 4) is 5.69 Å². The zero-order chi connectivity index (χ0) is 15.1. The highest BCUT2D eigenvalue weighted by atomic mass is 79.9. The Morgan fingerprint density at radius 2 is 2.00 bits per heavy atom. The lowest BCUT2D eigenvalue weighted by Crippen LogP contribution is -2.27. The number of rotatable bonds is 4. The molecule has 2 heterocycles. The van der Waals surface area contributed by atoms with E-state index in [9.17, 15) is 4.79 Å². The van der Waals surface area contributed by atoms with Gasteiger partial charge in [0.1, 0.15) is 5.82 Å². The number of carbonyl (C=O) groups is 1. The number of halogens is 1. The molecule has 0 N–H and O–H groups in total. The first kappa shape index (κ1) is 14.0. The second-order valence-electron chi connectivity index (χ2n) is 6.18. The SMILES string of the molecule is O=C1CC(CBr)CN1c1cc(C2CC2)nn1-c1ccccc1. The molecule has 1 saturated carbocycles. The predicted molar refractivity (Wildman–Crippen MR) is 89.8 cm³/mol. The third kappa shape index (κ3) is 2.47. The molecule has 1 unspecified atom stereocenters. The Kier molecular flexibility index (Phi) is 3.53. The van der Waals surface area contributed by atoms with Crippen molar-refractivity contribution in [3.63, 3.8) is 0 Å². The Labute approximate surface area is 138 Å². The van der Waals surface area contributed by atoms with Crippen LogP contribution in [0.1, 0.15) is 30.9 Å². The maximum Gasteiger partial charge on any atom is 0.228 e. The fourth-order valence-electron chi connectivity index (χ4n) is 3.03. The fourth-order valence-corrected chi connectivity index (χ4v) is 3.46. The average Bonchev–Trinajstić information content (AvgIpc) is 3.20. The van der Waals surface area contributed by atoms with Crippen LogP contribution < -0.4 is 4.90 Å². The fraction of sp³-hybridized carbons (Fsp3) is 0.412. The number of aromatic nitrogens is 2. The molecule has 5 heteroatoms. The van der Waals surface area contributed by atoms with Crippen molar-refractivity contribution in [1.82, 2.24) is 9.78 Å². The Balaban J connectivity index is 1.76. The molecule has 1 aromatic heterocycles. The first-order valence-corrected chi connectivity index (χ1v) is 8.90. The van der Waals surface area contributed by atoms with Crippen LogP contribution >= 0.6 is 15.9 Å². The van der Waals surface area contributed by atoms with E-state index in [0.717, 1.165) is 29.1 Å². The smallest absolute Gasteiger partial charge is 0.228 e. The summed E-state index contributed by atoms with van der Waals surface area (Å²) >= 11 is 3.50. The molecule has 22 heavy (non-hydrogen) atoms. The summed E-state index contributed by atoms with van der Waals surface area (Å²) < 4.78 is 1.93. The third-order valence-electron chi connectivity index (χ3n) is 4.41. The second-order valence-corrected chi connectivity index (χ2v) is 6.83. The van der Waals surface area contributed by atoms with E-state index in [1.165, 1.54) is 12.8 Å². The molecular weight excluding hydrogens is 342 g/mol. The van der Waals surface area contributed by atoms with Crippen molar-refractivity contribution in [1.29, 1.82) is 0 Å². The van der Waals surface area contributed by atoms with E-state index in [-0.39, 0.29) is 5.91 Å². The molecule has 4 nitrogen and oxygen atoms in total. The molecule has 1 aliphatic carbocycles. The summed E-state index contributed by atoms with van der Waals surface area (Å²) in [5.41, 5.74) is 2.13. The Hall–Kier alpha value is -1.62. The van der Waals surface area contributed by atoms with Crippen LogP contribution in [0.5, 0.6) is 0 Å². The minimum absolute atomic E-state index is 0.198. The molecule has 0 bridgehead atoms. The molecule has 0 spiro atoms. The van der Waals surface area contributed by atoms with Gasteiger partial charge in [0.05, 0.1) is 11.4 Å². The molecule has 1 aromatic carbocycles. The van der Waals surface area contributed by atoms with Gasteiger partial charge in [0.25, 0.3) is 0 Å². The summed E-state index contributed by atoms with van der Waals surface area (Å²) in [6.45, 7) is 0.771. The Morgan fingerprint density at radius 3 is 2.64 bits per heavy atom. The van der Waals surface area contributed by atoms with Gasteiger partial charge >= 0.3 is 0 Å². The second kappa shape index (κ2) is 5.54. The molecule has 0 radical (unpaired) electrons. The lowest BCUT2D eigenvalue weighted by Gasteiger charge is -2.17. The Morgan fingerprint density at radius 1 is 1.23 bits per heavy atom. The molecule has 1 atom stereocenters. The minimum Gasteiger partial charge on any atom is -0.296 e. The zero-order valence-corrected chi connectivity index (χ0v) is 13.9. The lowest BCUT2D eigenvalue weighted by atomic mass is 10.2. The van der Waals surface area contributed by atoms with Crippen molar-refractivity contribution < 1.29 is 4.79 Å². The maximum atomic E-state index is 12.4. The number of amides is 1. The van der Waals surface area contributed by atoms with Gasteiger partial charge in [-0.2, -0.15) is 5.10 Å². The first-order chi connectivity index (χ1) is 10.8. The summed E-state index contributed by atoms with van der Waals surface area (Å²) in [5, 5.41) is 5.65. The lowest BCUT2D eigenvalue weighted by molar-refractivity contribution is -0.117. The molecule has 1 saturated heterocycles. The van der Waals surface area contributed by atoms with Gasteiger partial charge in [0.15, 0.2) is 0 Å². The van der Waals surface area contributed by atoms with Gasteiger partial charge < -0.3 is 0 Å². The van der Waals surface area contributed by atoms with Crippen LogP contribution in [0.2, 0.25) is 0 Å². The number of anilines is 1. The number of para-hydroxylation sites is 1. The van der Waals surface area contributed by atoms with Crippen molar-refractivity contribution in [2.45, 2.75) is 25.2 Å². The molecule has 4 rings (SSSR count). The summed E-state index contributed by atoms with van der Waals surface area (Å²) in [7, 11) is 0. The van der Waals surface area contributed by atoms with Crippen molar-refractivity contribution in [2.75, 3.05) is 16.8 Å². The molecule has 2 aromatic rings. The van der Waals surface area contributed by atoms with Crippen LogP contribution in [-0.4, -0.2) is 27.6 Å². The van der Waals surface area contributed by atoms with E-state index in [4.69, 9.17) is 5.10 Å². The van der Waals surface area contributed by atoms with Crippen LogP contribution in [0.4, 0.5) is 5.82 Å². The topological polar surface area (TPSA) is 38.1 Å². The largest absolute Gasteiger partial charge is 0.296 e. The van der Waals surface area contributed by atoms with Gasteiger partial charge in [-0.05, 0) is 30.9 Å². The molecular formula is C17H18BrN3O. The van der Waals surface area contributed by atoms with Crippen LogP contribution in [-0.2, 0) is 4.79 Å². The van der Waals surface area contributed by atoms with Crippen LogP contribution in [0.3, 0.4) is 0 Å². The summed E-state index contributed by atoms with van der Waals surface area (Å²) in [4.78, 5) is 14.3. The van der Waals surface area contributed by atoms with Crippen LogP contribution in [0.25, 0.3) is 5.69 Å². The number of carbonyl (C=O) groups excluding carboxylic acids is 1. The quantitative estimate of drug-likeness (QED) is 0.783. The van der Waals surface area contributed by atoms with Crippen molar-refractivity contribution in [2.24, 2.45) is 5.92 Å². The normalized spacial score (nSPS) is 21.6. The third-order valence-corrected chi connectivity index (χ3v) is 5.32. The van der Waals surface area contributed by atoms with Crippen molar-refractivity contribution in [3.05, 3.63) is 42.1 Å². The number of nitrogens with zero attached hydrogens (tertiary/aromatic N) is 3. The maximum absolute atomic E-state index is 12.4. The molecule has 2 fully saturated rings. The highest BCUT2D eigenvalue weighted by Crippen LogP contribution is 2.41. The highest BCUT2D eigenvalue weighted by Gasteiger charge is 2.34. The Bertz CT molecular complexity index is 693. The number of benzene rings is 1. The highest BCUT2D eigenvalue weighted by molar-refractivity contribution is 9.09. The molecule has 2 aliphatic rings. The van der Waals surface area contributed by atoms with Gasteiger partial charge in [-0.15, -0.1) is 0 Å². The average molecular weight is 360 g/mol. The number of hydrogen-bond acceptors (Lipinski definition) is 2. The zero-order valence-electron chi connectivity index (χ0n) is 12.3. The monoisotopic (exact) mass is 359 g/mol. The van der Waals surface area contributed by atoms with Gasteiger partial charge in [0.2, 0.25) is 5.91 Å². The predicted octanol–water partition coefficient (Wildman–Crippen LogP) is 3.50. The summed E-state index contributed by atoms with van der Waals surface area (Å²) in [6, 6.07) is 12.2. The van der Waals surface area contributed by atoms with E-state index in [1.807, 2.05) is 39.9 Å². The molecule has 1 aliphatic heterocycles. The minimum atomic E-state index is 0.198. The van der Waals surface area contributed by atoms with Crippen molar-refractivity contribution >= 4 is 27.7 Å². The van der Waals surface area contributed by atoms with Crippen LogP contribution in [0.15, 0.2) is 36.4 Å². The van der Waals surface area contributed by atoms with E-state index < -0.39 is 0 Å². The van der Waals surface area contributed by atoms with E-state index in [0.29, 0.717) is 18.3 Å². The standard InChI is InChI=1S/C17H18BrN3O/c18-10-12-8-17(22)20(11-12)16-9-15(13-6-7-13)19-21(16)14-4-2-1-3-5-14/h1-5,9,12-13H,6-8,10-11H2. The van der Waals surface area contributed by atoms with Gasteiger partial charge in [-0.3, -0.25) is 9.69 Å². The molecule has 114 valence electrons. The first-order valence-electron chi connectivity index (χ1n) is 7.78. The van der Waals surface area contributed by atoms with Gasteiger partial charge in [-0.25, -0.2) is 4.68 Å². The van der Waals surface area contributed by atoms with E-state index >= 15 is 0 Å². The van der Waals surface area contributed by atoms with Gasteiger partial charge in [0, 0.05) is 30.3 Å². The van der Waals surface area contributed by atoms with E-state index in [2.05, 4.69) is 22.0 Å². The van der Waals surface area contributed by atoms with Gasteiger partial charge in [-0.1, -0.05) is 34.1 Å². The molecule has 1 amide bonds.